The van der Waals surface area contributed by atoms with Crippen LogP contribution in [0.1, 0.15) is 11.4 Å². The third-order valence-electron chi connectivity index (χ3n) is 2.25. The summed E-state index contributed by atoms with van der Waals surface area (Å²) >= 11 is 0. The van der Waals surface area contributed by atoms with Crippen molar-refractivity contribution in [1.82, 2.24) is 9.55 Å². The molecule has 15 heavy (non-hydrogen) atoms. The van der Waals surface area contributed by atoms with Crippen LogP contribution in [0.15, 0.2) is 36.7 Å². The average molecular weight is 205 g/mol. The second-order valence-corrected chi connectivity index (χ2v) is 3.30. The van der Waals surface area contributed by atoms with Gasteiger partial charge in [0, 0.05) is 18.9 Å². The lowest BCUT2D eigenvalue weighted by molar-refractivity contribution is 0.625. The number of nitrogens with two attached hydrogens (primary N) is 1. The molecular weight excluding hydrogens is 193 g/mol. The van der Waals surface area contributed by atoms with Gasteiger partial charge in [0.2, 0.25) is 0 Å². The standard InChI is InChI=1S/C11H12FN3/c12-10-3-1-9(2-4-10)8-15-6-5-14-11(15)7-13/h1-6H,7-8,13H2. The Morgan fingerprint density at radius 3 is 2.67 bits per heavy atom. The van der Waals surface area contributed by atoms with Gasteiger partial charge in [-0.3, -0.25) is 0 Å². The highest BCUT2D eigenvalue weighted by Crippen LogP contribution is 2.06. The lowest BCUT2D eigenvalue weighted by Gasteiger charge is -2.06. The summed E-state index contributed by atoms with van der Waals surface area (Å²) in [6.45, 7) is 1.08. The fourth-order valence-corrected chi connectivity index (χ4v) is 1.46. The number of rotatable bonds is 3. The van der Waals surface area contributed by atoms with E-state index in [0.29, 0.717) is 13.1 Å². The van der Waals surface area contributed by atoms with Gasteiger partial charge >= 0.3 is 0 Å². The molecule has 0 saturated carbocycles. The summed E-state index contributed by atoms with van der Waals surface area (Å²) in [6, 6.07) is 6.42. The zero-order valence-electron chi connectivity index (χ0n) is 8.23. The van der Waals surface area contributed by atoms with E-state index >= 15 is 0 Å². The first kappa shape index (κ1) is 9.86. The number of imidazole rings is 1. The molecule has 0 aliphatic rings. The van der Waals surface area contributed by atoms with Crippen molar-refractivity contribution < 1.29 is 4.39 Å². The predicted octanol–water partition coefficient (Wildman–Crippen LogP) is 1.53. The third-order valence-corrected chi connectivity index (χ3v) is 2.25. The Morgan fingerprint density at radius 1 is 1.27 bits per heavy atom. The van der Waals surface area contributed by atoms with Gasteiger partial charge in [-0.15, -0.1) is 0 Å². The van der Waals surface area contributed by atoms with Gasteiger partial charge in [-0.25, -0.2) is 9.37 Å². The van der Waals surface area contributed by atoms with Crippen molar-refractivity contribution in [2.24, 2.45) is 5.73 Å². The van der Waals surface area contributed by atoms with Crippen molar-refractivity contribution in [2.45, 2.75) is 13.1 Å². The lowest BCUT2D eigenvalue weighted by atomic mass is 10.2. The van der Waals surface area contributed by atoms with Crippen molar-refractivity contribution in [3.05, 3.63) is 53.9 Å². The molecule has 0 atom stereocenters. The fourth-order valence-electron chi connectivity index (χ4n) is 1.46. The van der Waals surface area contributed by atoms with E-state index in [1.165, 1.54) is 12.1 Å². The number of aromatic nitrogens is 2. The molecule has 0 unspecified atom stereocenters. The number of benzene rings is 1. The van der Waals surface area contributed by atoms with Crippen LogP contribution in [0.5, 0.6) is 0 Å². The maximum atomic E-state index is 12.7. The van der Waals surface area contributed by atoms with Gasteiger partial charge in [0.05, 0.1) is 6.54 Å². The van der Waals surface area contributed by atoms with Crippen LogP contribution >= 0.6 is 0 Å². The Hall–Kier alpha value is -1.68. The molecule has 0 bridgehead atoms. The third kappa shape index (κ3) is 2.22. The molecule has 0 radical (unpaired) electrons. The fraction of sp³-hybridized carbons (Fsp3) is 0.182. The minimum absolute atomic E-state index is 0.219. The molecule has 0 amide bonds. The van der Waals surface area contributed by atoms with Crippen molar-refractivity contribution in [3.8, 4) is 0 Å². The Balaban J connectivity index is 2.18. The molecule has 0 spiro atoms. The molecule has 1 aromatic carbocycles. The molecular formula is C11H12FN3. The van der Waals surface area contributed by atoms with Crippen molar-refractivity contribution in [2.75, 3.05) is 0 Å². The van der Waals surface area contributed by atoms with E-state index < -0.39 is 0 Å². The minimum atomic E-state index is -0.219. The van der Waals surface area contributed by atoms with Gasteiger partial charge < -0.3 is 10.3 Å². The number of nitrogens with zero attached hydrogens (tertiary/aromatic N) is 2. The highest BCUT2D eigenvalue weighted by atomic mass is 19.1. The molecule has 0 aliphatic heterocycles. The van der Waals surface area contributed by atoms with Crippen molar-refractivity contribution in [3.63, 3.8) is 0 Å². The summed E-state index contributed by atoms with van der Waals surface area (Å²) < 4.78 is 14.6. The molecule has 0 fully saturated rings. The smallest absolute Gasteiger partial charge is 0.123 e. The first-order chi connectivity index (χ1) is 7.29. The van der Waals surface area contributed by atoms with Crippen LogP contribution in [0.4, 0.5) is 4.39 Å². The Labute approximate surface area is 87.4 Å². The van der Waals surface area contributed by atoms with Gasteiger partial charge in [0.15, 0.2) is 0 Å². The quantitative estimate of drug-likeness (QED) is 0.825. The van der Waals surface area contributed by atoms with Crippen LogP contribution in [0.3, 0.4) is 0 Å². The van der Waals surface area contributed by atoms with Crippen LogP contribution in [-0.2, 0) is 13.1 Å². The molecule has 2 rings (SSSR count). The summed E-state index contributed by atoms with van der Waals surface area (Å²) in [7, 11) is 0. The summed E-state index contributed by atoms with van der Waals surface area (Å²) in [5.74, 6) is 0.614. The van der Waals surface area contributed by atoms with Crippen molar-refractivity contribution >= 4 is 0 Å². The first-order valence-corrected chi connectivity index (χ1v) is 4.74. The molecule has 3 nitrogen and oxygen atoms in total. The molecule has 1 aromatic heterocycles. The Kier molecular flexibility index (Phi) is 2.78. The van der Waals surface area contributed by atoms with Crippen LogP contribution < -0.4 is 5.73 Å². The summed E-state index contributed by atoms with van der Waals surface area (Å²) in [5, 5.41) is 0. The zero-order valence-corrected chi connectivity index (χ0v) is 8.23. The maximum Gasteiger partial charge on any atom is 0.123 e. The Morgan fingerprint density at radius 2 is 2.00 bits per heavy atom. The van der Waals surface area contributed by atoms with Gasteiger partial charge in [0.25, 0.3) is 0 Å². The second kappa shape index (κ2) is 4.23. The monoisotopic (exact) mass is 205 g/mol. The van der Waals surface area contributed by atoms with Crippen LogP contribution in [-0.4, -0.2) is 9.55 Å². The predicted molar refractivity (Wildman–Crippen MR) is 55.6 cm³/mol. The lowest BCUT2D eigenvalue weighted by Crippen LogP contribution is -2.08. The first-order valence-electron chi connectivity index (χ1n) is 4.74. The van der Waals surface area contributed by atoms with E-state index in [4.69, 9.17) is 5.73 Å². The van der Waals surface area contributed by atoms with Crippen LogP contribution in [0.25, 0.3) is 0 Å². The number of hydrogen-bond acceptors (Lipinski definition) is 2. The summed E-state index contributed by atoms with van der Waals surface area (Å²) in [6.07, 6.45) is 3.58. The average Bonchev–Trinajstić information content (AvgIpc) is 2.69. The highest BCUT2D eigenvalue weighted by Gasteiger charge is 2.01. The molecule has 0 saturated heterocycles. The highest BCUT2D eigenvalue weighted by molar-refractivity contribution is 5.17. The van der Waals surface area contributed by atoms with E-state index in [2.05, 4.69) is 4.98 Å². The van der Waals surface area contributed by atoms with Crippen molar-refractivity contribution in [1.29, 1.82) is 0 Å². The Bertz CT molecular complexity index is 433. The van der Waals surface area contributed by atoms with Crippen LogP contribution in [0.2, 0.25) is 0 Å². The molecule has 1 heterocycles. The van der Waals surface area contributed by atoms with E-state index in [9.17, 15) is 4.39 Å². The van der Waals surface area contributed by atoms with E-state index in [1.807, 2.05) is 10.8 Å². The largest absolute Gasteiger partial charge is 0.329 e. The normalized spacial score (nSPS) is 10.5. The molecule has 2 aromatic rings. The number of hydrogen-bond donors (Lipinski definition) is 1. The van der Waals surface area contributed by atoms with Gasteiger partial charge in [-0.05, 0) is 17.7 Å². The molecule has 0 aliphatic carbocycles. The van der Waals surface area contributed by atoms with E-state index in [0.717, 1.165) is 11.4 Å². The van der Waals surface area contributed by atoms with E-state index in [1.54, 1.807) is 18.3 Å². The van der Waals surface area contributed by atoms with Gasteiger partial charge in [0.1, 0.15) is 11.6 Å². The minimum Gasteiger partial charge on any atom is -0.329 e. The van der Waals surface area contributed by atoms with Crippen LogP contribution in [0, 0.1) is 5.82 Å². The summed E-state index contributed by atoms with van der Waals surface area (Å²) in [5.41, 5.74) is 6.56. The number of halogens is 1. The molecule has 78 valence electrons. The van der Waals surface area contributed by atoms with Gasteiger partial charge in [-0.1, -0.05) is 12.1 Å². The zero-order chi connectivity index (χ0) is 10.7. The topological polar surface area (TPSA) is 43.8 Å². The maximum absolute atomic E-state index is 12.7. The SMILES string of the molecule is NCc1nccn1Cc1ccc(F)cc1. The second-order valence-electron chi connectivity index (χ2n) is 3.30. The van der Waals surface area contributed by atoms with E-state index in [-0.39, 0.29) is 5.82 Å². The van der Waals surface area contributed by atoms with Gasteiger partial charge in [-0.2, -0.15) is 0 Å². The molecule has 4 heteroatoms. The molecule has 2 N–H and O–H groups in total. The summed E-state index contributed by atoms with van der Waals surface area (Å²) in [4.78, 5) is 4.11.